The third-order valence-corrected chi connectivity index (χ3v) is 5.01. The summed E-state index contributed by atoms with van der Waals surface area (Å²) in [4.78, 5) is 2.06. The minimum Gasteiger partial charge on any atom is -0.438 e. The molecular weight excluding hydrogens is 336 g/mol. The Kier molecular flexibility index (Phi) is 3.50. The monoisotopic (exact) mass is 355 g/mol. The Morgan fingerprint density at radius 3 is 2.67 bits per heavy atom. The number of aryl methyl sites for hydroxylation is 1. The van der Waals surface area contributed by atoms with Crippen LogP contribution in [0.1, 0.15) is 5.89 Å². The molecule has 27 heavy (non-hydrogen) atoms. The minimum absolute atomic E-state index is 0.788. The molecule has 0 amide bonds. The number of oxazole rings is 1. The van der Waals surface area contributed by atoms with Crippen molar-refractivity contribution in [3.8, 4) is 5.75 Å². The average Bonchev–Trinajstić information content (AvgIpc) is 3.20. The fraction of sp³-hybridized carbons (Fsp3) is 0.0870. The van der Waals surface area contributed by atoms with E-state index in [-0.39, 0.29) is 0 Å². The minimum atomic E-state index is 0.788. The van der Waals surface area contributed by atoms with Gasteiger partial charge in [0.25, 0.3) is 5.52 Å². The molecule has 3 aromatic carbocycles. The summed E-state index contributed by atoms with van der Waals surface area (Å²) < 4.78 is 14.1. The van der Waals surface area contributed by atoms with E-state index < -0.39 is 0 Å². The van der Waals surface area contributed by atoms with Gasteiger partial charge in [-0.25, -0.2) is 0 Å². The smallest absolute Gasteiger partial charge is 0.373 e. The topological polar surface area (TPSA) is 29.5 Å². The van der Waals surface area contributed by atoms with E-state index in [0.29, 0.717) is 0 Å². The molecule has 5 rings (SSSR count). The number of para-hydroxylation sites is 2. The first kappa shape index (κ1) is 15.7. The zero-order valence-corrected chi connectivity index (χ0v) is 15.2. The quantitative estimate of drug-likeness (QED) is 0.484. The summed E-state index contributed by atoms with van der Waals surface area (Å²) in [6.45, 7) is 0. The molecule has 0 aliphatic carbocycles. The number of rotatable bonds is 2. The highest BCUT2D eigenvalue weighted by Crippen LogP contribution is 2.43. The molecule has 0 radical (unpaired) electrons. The molecule has 1 aliphatic heterocycles. The third-order valence-electron chi connectivity index (χ3n) is 5.01. The number of aromatic nitrogens is 1. The van der Waals surface area contributed by atoms with Crippen molar-refractivity contribution in [3.63, 3.8) is 0 Å². The lowest BCUT2D eigenvalue weighted by Crippen LogP contribution is -2.29. The van der Waals surface area contributed by atoms with Crippen LogP contribution in [0, 0.1) is 0 Å². The first-order valence-corrected chi connectivity index (χ1v) is 8.91. The van der Waals surface area contributed by atoms with Crippen molar-refractivity contribution in [3.05, 3.63) is 84.6 Å². The third kappa shape index (κ3) is 2.49. The van der Waals surface area contributed by atoms with Gasteiger partial charge < -0.3 is 14.1 Å². The van der Waals surface area contributed by atoms with Crippen LogP contribution in [-0.4, -0.2) is 7.05 Å². The van der Waals surface area contributed by atoms with Gasteiger partial charge in [0, 0.05) is 18.5 Å². The number of nitrogens with zero attached hydrogens (tertiary/aromatic N) is 2. The molecule has 4 aromatic rings. The summed E-state index contributed by atoms with van der Waals surface area (Å²) in [6, 6.07) is 20.5. The van der Waals surface area contributed by atoms with Crippen molar-refractivity contribution in [1.82, 2.24) is 0 Å². The van der Waals surface area contributed by atoms with Gasteiger partial charge in [-0.05, 0) is 29.7 Å². The van der Waals surface area contributed by atoms with Crippen LogP contribution in [0.2, 0.25) is 0 Å². The fourth-order valence-corrected chi connectivity index (χ4v) is 3.52. The van der Waals surface area contributed by atoms with Crippen LogP contribution >= 0.6 is 0 Å². The van der Waals surface area contributed by atoms with E-state index in [0.717, 1.165) is 39.7 Å². The molecule has 0 fully saturated rings. The van der Waals surface area contributed by atoms with Gasteiger partial charge in [0.05, 0.1) is 11.8 Å². The van der Waals surface area contributed by atoms with E-state index in [1.165, 1.54) is 5.39 Å². The summed E-state index contributed by atoms with van der Waals surface area (Å²) >= 11 is 0. The van der Waals surface area contributed by atoms with Gasteiger partial charge in [0.1, 0.15) is 7.05 Å². The molecule has 1 aliphatic rings. The molecule has 0 bridgehead atoms. The van der Waals surface area contributed by atoms with Gasteiger partial charge in [-0.1, -0.05) is 42.5 Å². The van der Waals surface area contributed by atoms with E-state index >= 15 is 0 Å². The Labute approximate surface area is 157 Å². The number of anilines is 1. The van der Waals surface area contributed by atoms with Crippen LogP contribution in [0.15, 0.2) is 83.1 Å². The first-order valence-electron chi connectivity index (χ1n) is 8.91. The van der Waals surface area contributed by atoms with Crippen LogP contribution in [0.5, 0.6) is 5.75 Å². The maximum Gasteiger partial charge on any atom is 0.373 e. The van der Waals surface area contributed by atoms with Gasteiger partial charge in [0.15, 0.2) is 11.6 Å². The van der Waals surface area contributed by atoms with E-state index in [9.17, 15) is 0 Å². The molecule has 1 aromatic heterocycles. The molecule has 0 saturated carbocycles. The predicted molar refractivity (Wildman–Crippen MR) is 107 cm³/mol. The highest BCUT2D eigenvalue weighted by atomic mass is 16.5. The summed E-state index contributed by atoms with van der Waals surface area (Å²) in [5.41, 5.74) is 3.01. The molecule has 2 heterocycles. The second kappa shape index (κ2) is 6.02. The predicted octanol–water partition coefficient (Wildman–Crippen LogP) is 4.79. The molecule has 0 spiro atoms. The van der Waals surface area contributed by atoms with E-state index in [1.807, 2.05) is 73.3 Å². The summed E-state index contributed by atoms with van der Waals surface area (Å²) in [5, 5.41) is 2.30. The summed E-state index contributed by atoms with van der Waals surface area (Å²) in [6.07, 6.45) is 5.87. The zero-order valence-electron chi connectivity index (χ0n) is 15.2. The summed E-state index contributed by atoms with van der Waals surface area (Å²) in [7, 11) is 4.01. The Balaban J connectivity index is 1.48. The fourth-order valence-electron chi connectivity index (χ4n) is 3.52. The highest BCUT2D eigenvalue weighted by molar-refractivity contribution is 5.95. The average molecular weight is 355 g/mol. The SMILES string of the molecule is CN1C(=CC=Cc2oc3ccccc3[n+]2C)Oc2c1ccc1ccccc21. The molecule has 0 saturated heterocycles. The maximum absolute atomic E-state index is 6.16. The van der Waals surface area contributed by atoms with Crippen molar-refractivity contribution < 1.29 is 13.7 Å². The number of hydrogen-bond acceptors (Lipinski definition) is 3. The number of benzene rings is 3. The normalized spacial score (nSPS) is 15.2. The van der Waals surface area contributed by atoms with E-state index in [2.05, 4.69) is 29.2 Å². The number of allylic oxidation sites excluding steroid dienone is 2. The van der Waals surface area contributed by atoms with Crippen LogP contribution in [0.4, 0.5) is 5.69 Å². The van der Waals surface area contributed by atoms with E-state index in [4.69, 9.17) is 9.15 Å². The molecule has 4 nitrogen and oxygen atoms in total. The molecule has 0 unspecified atom stereocenters. The Morgan fingerprint density at radius 2 is 1.78 bits per heavy atom. The second-order valence-electron chi connectivity index (χ2n) is 6.63. The van der Waals surface area contributed by atoms with Crippen molar-refractivity contribution in [2.75, 3.05) is 11.9 Å². The lowest BCUT2D eigenvalue weighted by atomic mass is 10.1. The van der Waals surface area contributed by atoms with Crippen LogP contribution in [0.3, 0.4) is 0 Å². The Hall–Kier alpha value is -3.53. The molecular formula is C23H19N2O2+. The van der Waals surface area contributed by atoms with Crippen molar-refractivity contribution in [2.45, 2.75) is 0 Å². The van der Waals surface area contributed by atoms with Crippen molar-refractivity contribution in [1.29, 1.82) is 0 Å². The number of fused-ring (bicyclic) bond motifs is 4. The molecule has 132 valence electrons. The van der Waals surface area contributed by atoms with E-state index in [1.54, 1.807) is 0 Å². The maximum atomic E-state index is 6.16. The highest BCUT2D eigenvalue weighted by Gasteiger charge is 2.24. The standard InChI is InChI=1S/C23H19N2O2/c1-24-18-10-5-6-11-20(18)26-21(24)12-7-13-22-25(2)19-15-14-16-8-3-4-9-17(16)23(19)27-22/h3-15H,1-2H3/q+1. The van der Waals surface area contributed by atoms with Gasteiger partial charge >= 0.3 is 5.89 Å². The zero-order chi connectivity index (χ0) is 18.4. The van der Waals surface area contributed by atoms with Gasteiger partial charge in [-0.3, -0.25) is 0 Å². The van der Waals surface area contributed by atoms with Crippen molar-refractivity contribution in [2.24, 2.45) is 7.05 Å². The number of hydrogen-bond donors (Lipinski definition) is 0. The number of ether oxygens (including phenoxy) is 1. The largest absolute Gasteiger partial charge is 0.438 e. The van der Waals surface area contributed by atoms with Gasteiger partial charge in [-0.15, -0.1) is 0 Å². The Bertz CT molecular complexity index is 1230. The molecule has 0 atom stereocenters. The molecule has 4 heteroatoms. The van der Waals surface area contributed by atoms with Gasteiger partial charge in [-0.2, -0.15) is 4.57 Å². The van der Waals surface area contributed by atoms with Crippen LogP contribution in [-0.2, 0) is 7.05 Å². The lowest BCUT2D eigenvalue weighted by Gasteiger charge is -2.09. The van der Waals surface area contributed by atoms with Crippen LogP contribution in [0.25, 0.3) is 27.9 Å². The van der Waals surface area contributed by atoms with Gasteiger partial charge in [0.2, 0.25) is 5.58 Å². The lowest BCUT2D eigenvalue weighted by molar-refractivity contribution is -0.652. The first-order chi connectivity index (χ1) is 13.2. The summed E-state index contributed by atoms with van der Waals surface area (Å²) in [5.74, 6) is 2.48. The molecule has 0 N–H and O–H groups in total. The Morgan fingerprint density at radius 1 is 0.963 bits per heavy atom. The van der Waals surface area contributed by atoms with Crippen LogP contribution < -0.4 is 14.2 Å². The van der Waals surface area contributed by atoms with Crippen molar-refractivity contribution >= 4 is 33.6 Å². The second-order valence-corrected chi connectivity index (χ2v) is 6.63.